The molecule has 3 rings (SSSR count). The molecular formula is C13H21N3O4. The van der Waals surface area contributed by atoms with Gasteiger partial charge >= 0.3 is 0 Å². The Morgan fingerprint density at radius 1 is 1.35 bits per heavy atom. The van der Waals surface area contributed by atoms with Crippen LogP contribution in [0.3, 0.4) is 0 Å². The van der Waals surface area contributed by atoms with Gasteiger partial charge < -0.3 is 25.4 Å². The number of hydrogen-bond donors (Lipinski definition) is 3. The molecule has 0 radical (unpaired) electrons. The van der Waals surface area contributed by atoms with E-state index in [0.717, 1.165) is 12.8 Å². The number of aliphatic hydroxyl groups is 1. The predicted molar refractivity (Wildman–Crippen MR) is 69.9 cm³/mol. The van der Waals surface area contributed by atoms with Gasteiger partial charge in [0.25, 0.3) is 0 Å². The van der Waals surface area contributed by atoms with Crippen molar-refractivity contribution in [2.45, 2.75) is 43.5 Å². The first kappa shape index (κ1) is 13.8. The largest absolute Gasteiger partial charge is 0.392 e. The SMILES string of the molecule is O=C(NC1CC1)C1COCCN1C(=O)C1CC(O)CN1. The molecule has 3 aliphatic rings. The number of ether oxygens (including phenoxy) is 1. The minimum Gasteiger partial charge on any atom is -0.392 e. The molecule has 0 bridgehead atoms. The highest BCUT2D eigenvalue weighted by Crippen LogP contribution is 2.20. The molecule has 0 aromatic heterocycles. The van der Waals surface area contributed by atoms with Crippen LogP contribution < -0.4 is 10.6 Å². The second kappa shape index (κ2) is 5.67. The second-order valence-corrected chi connectivity index (χ2v) is 5.76. The van der Waals surface area contributed by atoms with Crippen molar-refractivity contribution >= 4 is 11.8 Å². The van der Waals surface area contributed by atoms with Crippen LogP contribution in [0.25, 0.3) is 0 Å². The van der Waals surface area contributed by atoms with E-state index < -0.39 is 12.1 Å². The van der Waals surface area contributed by atoms with Gasteiger partial charge in [-0.1, -0.05) is 0 Å². The van der Waals surface area contributed by atoms with E-state index in [2.05, 4.69) is 10.6 Å². The Bertz CT molecular complexity index is 399. The number of carbonyl (C=O) groups excluding carboxylic acids is 2. The lowest BCUT2D eigenvalue weighted by atomic mass is 10.1. The Morgan fingerprint density at radius 3 is 2.80 bits per heavy atom. The van der Waals surface area contributed by atoms with E-state index in [-0.39, 0.29) is 30.5 Å². The van der Waals surface area contributed by atoms with E-state index in [1.165, 1.54) is 0 Å². The summed E-state index contributed by atoms with van der Waals surface area (Å²) < 4.78 is 5.34. The van der Waals surface area contributed by atoms with Crippen LogP contribution in [0.1, 0.15) is 19.3 Å². The lowest BCUT2D eigenvalue weighted by molar-refractivity contribution is -0.150. The summed E-state index contributed by atoms with van der Waals surface area (Å²) in [6.45, 7) is 1.56. The number of rotatable bonds is 3. The highest BCUT2D eigenvalue weighted by atomic mass is 16.5. The summed E-state index contributed by atoms with van der Waals surface area (Å²) in [5.74, 6) is -0.236. The number of nitrogens with one attached hydrogen (secondary N) is 2. The van der Waals surface area contributed by atoms with Crippen LogP contribution in [0.5, 0.6) is 0 Å². The Labute approximate surface area is 117 Å². The molecule has 2 saturated heterocycles. The van der Waals surface area contributed by atoms with E-state index >= 15 is 0 Å². The van der Waals surface area contributed by atoms with Crippen molar-refractivity contribution in [3.8, 4) is 0 Å². The molecule has 7 nitrogen and oxygen atoms in total. The topological polar surface area (TPSA) is 90.9 Å². The third-order valence-corrected chi connectivity index (χ3v) is 4.04. The molecule has 2 amide bonds. The number of hydrogen-bond acceptors (Lipinski definition) is 5. The minimum absolute atomic E-state index is 0.110. The standard InChI is InChI=1S/C13H21N3O4/c17-9-5-10(14-6-9)13(19)16-3-4-20-7-11(16)12(18)15-8-1-2-8/h8-11,14,17H,1-7H2,(H,15,18). The molecular weight excluding hydrogens is 262 g/mol. The molecule has 3 fully saturated rings. The molecule has 112 valence electrons. The van der Waals surface area contributed by atoms with Crippen molar-refractivity contribution in [3.63, 3.8) is 0 Å². The lowest BCUT2D eigenvalue weighted by Crippen LogP contribution is -2.59. The van der Waals surface area contributed by atoms with Crippen LogP contribution in [0.15, 0.2) is 0 Å². The number of aliphatic hydroxyl groups excluding tert-OH is 1. The zero-order valence-electron chi connectivity index (χ0n) is 11.4. The number of β-amino-alcohol motifs (C(OH)–C–C–N with tert-alkyl or cyclic N) is 1. The smallest absolute Gasteiger partial charge is 0.245 e. The van der Waals surface area contributed by atoms with Crippen LogP contribution in [0.2, 0.25) is 0 Å². The molecule has 3 unspecified atom stereocenters. The van der Waals surface area contributed by atoms with E-state index in [9.17, 15) is 14.7 Å². The highest BCUT2D eigenvalue weighted by molar-refractivity contribution is 5.90. The number of amides is 2. The Hall–Kier alpha value is -1.18. The van der Waals surface area contributed by atoms with Crippen molar-refractivity contribution in [1.29, 1.82) is 0 Å². The van der Waals surface area contributed by atoms with Gasteiger partial charge in [-0.15, -0.1) is 0 Å². The maximum atomic E-state index is 12.5. The Balaban J connectivity index is 1.64. The molecule has 3 N–H and O–H groups in total. The average Bonchev–Trinajstić information content (AvgIpc) is 3.16. The Kier molecular flexibility index (Phi) is 3.91. The molecule has 1 aliphatic carbocycles. The summed E-state index contributed by atoms with van der Waals surface area (Å²) in [5, 5.41) is 15.4. The molecule has 0 aromatic carbocycles. The van der Waals surface area contributed by atoms with Crippen molar-refractivity contribution in [3.05, 3.63) is 0 Å². The van der Waals surface area contributed by atoms with Crippen molar-refractivity contribution in [1.82, 2.24) is 15.5 Å². The molecule has 0 aromatic rings. The van der Waals surface area contributed by atoms with Gasteiger partial charge in [0.15, 0.2) is 0 Å². The number of morpholine rings is 1. The van der Waals surface area contributed by atoms with Crippen LogP contribution in [-0.2, 0) is 14.3 Å². The third-order valence-electron chi connectivity index (χ3n) is 4.04. The monoisotopic (exact) mass is 283 g/mol. The normalized spacial score (nSPS) is 34.0. The third kappa shape index (κ3) is 2.94. The first-order valence-electron chi connectivity index (χ1n) is 7.25. The fraction of sp³-hybridized carbons (Fsp3) is 0.846. The van der Waals surface area contributed by atoms with E-state index in [1.54, 1.807) is 4.90 Å². The fourth-order valence-corrected chi connectivity index (χ4v) is 2.72. The van der Waals surface area contributed by atoms with Crippen molar-refractivity contribution < 1.29 is 19.4 Å². The molecule has 7 heteroatoms. The fourth-order valence-electron chi connectivity index (χ4n) is 2.72. The average molecular weight is 283 g/mol. The van der Waals surface area contributed by atoms with Gasteiger partial charge in [0.1, 0.15) is 6.04 Å². The first-order chi connectivity index (χ1) is 9.65. The summed E-state index contributed by atoms with van der Waals surface area (Å²) in [6, 6.07) is -0.663. The van der Waals surface area contributed by atoms with Gasteiger partial charge in [-0.25, -0.2) is 0 Å². The van der Waals surface area contributed by atoms with E-state index in [0.29, 0.717) is 26.1 Å². The highest BCUT2D eigenvalue weighted by Gasteiger charge is 2.39. The van der Waals surface area contributed by atoms with Crippen LogP contribution in [0, 0.1) is 0 Å². The number of carbonyl (C=O) groups is 2. The Morgan fingerprint density at radius 2 is 2.15 bits per heavy atom. The summed E-state index contributed by atoms with van der Waals surface area (Å²) >= 11 is 0. The molecule has 1 saturated carbocycles. The maximum Gasteiger partial charge on any atom is 0.245 e. The van der Waals surface area contributed by atoms with Crippen molar-refractivity contribution in [2.75, 3.05) is 26.3 Å². The first-order valence-corrected chi connectivity index (χ1v) is 7.25. The molecule has 0 spiro atoms. The summed E-state index contributed by atoms with van der Waals surface area (Å²) in [5.41, 5.74) is 0. The van der Waals surface area contributed by atoms with E-state index in [1.807, 2.05) is 0 Å². The van der Waals surface area contributed by atoms with Gasteiger partial charge in [0.2, 0.25) is 11.8 Å². The maximum absolute atomic E-state index is 12.5. The molecule has 20 heavy (non-hydrogen) atoms. The molecule has 2 heterocycles. The van der Waals surface area contributed by atoms with Gasteiger partial charge in [-0.2, -0.15) is 0 Å². The quantitative estimate of drug-likeness (QED) is 0.569. The van der Waals surface area contributed by atoms with Gasteiger partial charge in [-0.3, -0.25) is 9.59 Å². The van der Waals surface area contributed by atoms with Crippen LogP contribution >= 0.6 is 0 Å². The van der Waals surface area contributed by atoms with Gasteiger partial charge in [0.05, 0.1) is 25.4 Å². The molecule has 2 aliphatic heterocycles. The van der Waals surface area contributed by atoms with Gasteiger partial charge in [0, 0.05) is 19.1 Å². The summed E-state index contributed by atoms with van der Waals surface area (Å²) in [6.07, 6.45) is 1.96. The van der Waals surface area contributed by atoms with Crippen molar-refractivity contribution in [2.24, 2.45) is 0 Å². The summed E-state index contributed by atoms with van der Waals surface area (Å²) in [7, 11) is 0. The molecule has 3 atom stereocenters. The second-order valence-electron chi connectivity index (χ2n) is 5.76. The number of nitrogens with zero attached hydrogens (tertiary/aromatic N) is 1. The predicted octanol–water partition coefficient (Wildman–Crippen LogP) is -1.78. The zero-order chi connectivity index (χ0) is 14.1. The van der Waals surface area contributed by atoms with Crippen LogP contribution in [-0.4, -0.2) is 72.4 Å². The minimum atomic E-state index is -0.545. The van der Waals surface area contributed by atoms with E-state index in [4.69, 9.17) is 4.74 Å². The van der Waals surface area contributed by atoms with Crippen LogP contribution in [0.4, 0.5) is 0 Å². The lowest BCUT2D eigenvalue weighted by Gasteiger charge is -2.36. The zero-order valence-corrected chi connectivity index (χ0v) is 11.4. The van der Waals surface area contributed by atoms with Gasteiger partial charge in [-0.05, 0) is 19.3 Å². The summed E-state index contributed by atoms with van der Waals surface area (Å²) in [4.78, 5) is 26.3.